The summed E-state index contributed by atoms with van der Waals surface area (Å²) >= 11 is 0. The monoisotopic (exact) mass is 525 g/mol. The van der Waals surface area contributed by atoms with Gasteiger partial charge in [0.15, 0.2) is 0 Å². The van der Waals surface area contributed by atoms with Crippen molar-refractivity contribution in [3.63, 3.8) is 0 Å². The number of hydrogen-bond donors (Lipinski definition) is 2. The third kappa shape index (κ3) is 7.14. The molecule has 2 amide bonds. The Bertz CT molecular complexity index is 1510. The molecule has 0 spiro atoms. The highest BCUT2D eigenvalue weighted by molar-refractivity contribution is 6.06. The fourth-order valence-electron chi connectivity index (χ4n) is 3.50. The number of nitrogens with zero attached hydrogens (tertiary/aromatic N) is 5. The van der Waals surface area contributed by atoms with Gasteiger partial charge >= 0.3 is 0 Å². The van der Waals surface area contributed by atoms with Gasteiger partial charge in [0.2, 0.25) is 0 Å². The van der Waals surface area contributed by atoms with E-state index in [0.717, 1.165) is 11.4 Å². The number of carbonyl (C=O) groups excluding carboxylic acids is 2. The molecule has 9 heteroatoms. The van der Waals surface area contributed by atoms with Crippen LogP contribution in [0.3, 0.4) is 0 Å². The number of nitrogens with one attached hydrogen (secondary N) is 2. The fourth-order valence-corrected chi connectivity index (χ4v) is 3.50. The van der Waals surface area contributed by atoms with Crippen molar-refractivity contribution in [1.29, 1.82) is 0 Å². The van der Waals surface area contributed by atoms with Crippen LogP contribution < -0.4 is 10.6 Å². The van der Waals surface area contributed by atoms with Crippen molar-refractivity contribution in [2.45, 2.75) is 0 Å². The first kappa shape index (κ1) is 25.8. The first-order valence-corrected chi connectivity index (χ1v) is 12.3. The molecule has 9 nitrogen and oxygen atoms in total. The van der Waals surface area contributed by atoms with E-state index in [1.165, 1.54) is 12.3 Å². The van der Waals surface area contributed by atoms with Gasteiger partial charge in [-0.3, -0.25) is 14.6 Å². The van der Waals surface area contributed by atoms with Gasteiger partial charge in [0, 0.05) is 17.6 Å². The van der Waals surface area contributed by atoms with Crippen LogP contribution in [0.2, 0.25) is 0 Å². The van der Waals surface area contributed by atoms with E-state index in [1.54, 1.807) is 54.6 Å². The van der Waals surface area contributed by atoms with Crippen molar-refractivity contribution >= 4 is 45.9 Å². The zero-order valence-corrected chi connectivity index (χ0v) is 21.2. The largest absolute Gasteiger partial charge is 0.322 e. The number of amides is 2. The molecule has 0 unspecified atom stereocenters. The Morgan fingerprint density at radius 3 is 1.32 bits per heavy atom. The molecule has 40 heavy (non-hydrogen) atoms. The molecule has 1 aromatic heterocycles. The highest BCUT2D eigenvalue weighted by atomic mass is 16.2. The minimum absolute atomic E-state index is 0.178. The summed E-state index contributed by atoms with van der Waals surface area (Å²) in [6.45, 7) is 0. The topological polar surface area (TPSA) is 121 Å². The second-order valence-electron chi connectivity index (χ2n) is 8.51. The van der Waals surface area contributed by atoms with E-state index in [-0.39, 0.29) is 11.6 Å². The molecule has 0 fully saturated rings. The van der Waals surface area contributed by atoms with Crippen molar-refractivity contribution < 1.29 is 9.59 Å². The summed E-state index contributed by atoms with van der Waals surface area (Å²) in [5.74, 6) is -0.746. The maximum absolute atomic E-state index is 12.6. The minimum Gasteiger partial charge on any atom is -0.322 e. The number of azo groups is 2. The van der Waals surface area contributed by atoms with Gasteiger partial charge in [-0.05, 0) is 84.9 Å². The Kier molecular flexibility index (Phi) is 8.14. The van der Waals surface area contributed by atoms with Gasteiger partial charge in [-0.1, -0.05) is 36.4 Å². The smallest absolute Gasteiger partial charge is 0.274 e. The Morgan fingerprint density at radius 1 is 0.475 bits per heavy atom. The summed E-state index contributed by atoms with van der Waals surface area (Å²) in [7, 11) is 0. The van der Waals surface area contributed by atoms with Gasteiger partial charge in [0.25, 0.3) is 11.8 Å². The molecule has 0 bridgehead atoms. The maximum atomic E-state index is 12.6. The molecule has 0 atom stereocenters. The zero-order valence-electron chi connectivity index (χ0n) is 21.2. The van der Waals surface area contributed by atoms with Crippen molar-refractivity contribution in [1.82, 2.24) is 4.98 Å². The number of hydrogen-bond acceptors (Lipinski definition) is 7. The fraction of sp³-hybridized carbons (Fsp3) is 0. The van der Waals surface area contributed by atoms with E-state index in [2.05, 4.69) is 36.1 Å². The molecule has 4 aromatic carbocycles. The lowest BCUT2D eigenvalue weighted by Gasteiger charge is -2.07. The van der Waals surface area contributed by atoms with E-state index < -0.39 is 5.91 Å². The second-order valence-corrected chi connectivity index (χ2v) is 8.51. The standard InChI is InChI=1S/C31H23N7O2/c39-30(33-23-12-16-27(17-13-23)37-35-25-7-3-1-4-8-25)22-11-20-29(32-21-22)31(40)34-24-14-18-28(19-15-24)38-36-26-9-5-2-6-10-26/h1-21H,(H,33,39)(H,34,40). The maximum Gasteiger partial charge on any atom is 0.274 e. The van der Waals surface area contributed by atoms with Gasteiger partial charge in [-0.15, -0.1) is 0 Å². The van der Waals surface area contributed by atoms with Crippen molar-refractivity contribution in [3.8, 4) is 0 Å². The lowest BCUT2D eigenvalue weighted by Crippen LogP contribution is -2.16. The van der Waals surface area contributed by atoms with Crippen LogP contribution in [0.25, 0.3) is 0 Å². The van der Waals surface area contributed by atoms with Crippen LogP contribution in [-0.4, -0.2) is 16.8 Å². The molecule has 194 valence electrons. The molecule has 0 saturated heterocycles. The predicted molar refractivity (Wildman–Crippen MR) is 154 cm³/mol. The first-order chi connectivity index (χ1) is 19.6. The minimum atomic E-state index is -0.397. The van der Waals surface area contributed by atoms with Crippen molar-refractivity contribution in [2.75, 3.05) is 10.6 Å². The molecule has 0 aliphatic carbocycles. The van der Waals surface area contributed by atoms with Gasteiger partial charge < -0.3 is 10.6 Å². The van der Waals surface area contributed by atoms with Crippen LogP contribution in [0.1, 0.15) is 20.8 Å². The summed E-state index contributed by atoms with van der Waals surface area (Å²) < 4.78 is 0. The number of pyridine rings is 1. The molecular weight excluding hydrogens is 502 g/mol. The van der Waals surface area contributed by atoms with E-state index in [9.17, 15) is 9.59 Å². The van der Waals surface area contributed by atoms with E-state index in [0.29, 0.717) is 28.3 Å². The number of carbonyl (C=O) groups is 2. The molecule has 5 rings (SSSR count). The Labute approximate surface area is 230 Å². The molecule has 0 saturated carbocycles. The van der Waals surface area contributed by atoms with E-state index in [4.69, 9.17) is 0 Å². The van der Waals surface area contributed by atoms with Gasteiger partial charge in [0.05, 0.1) is 28.3 Å². The predicted octanol–water partition coefficient (Wildman–Crippen LogP) is 8.42. The van der Waals surface area contributed by atoms with Crippen molar-refractivity contribution in [3.05, 3.63) is 139 Å². The van der Waals surface area contributed by atoms with Crippen LogP contribution in [0.5, 0.6) is 0 Å². The Balaban J connectivity index is 1.14. The van der Waals surface area contributed by atoms with Crippen LogP contribution in [0, 0.1) is 0 Å². The number of anilines is 2. The molecule has 5 aromatic rings. The van der Waals surface area contributed by atoms with Crippen LogP contribution >= 0.6 is 0 Å². The van der Waals surface area contributed by atoms with Gasteiger partial charge in [0.1, 0.15) is 5.69 Å². The normalized spacial score (nSPS) is 11.0. The average molecular weight is 526 g/mol. The number of aromatic nitrogens is 1. The average Bonchev–Trinajstić information content (AvgIpc) is 3.01. The molecule has 1 heterocycles. The lowest BCUT2D eigenvalue weighted by atomic mass is 10.2. The first-order valence-electron chi connectivity index (χ1n) is 12.3. The summed E-state index contributed by atoms with van der Waals surface area (Å²) in [5, 5.41) is 22.3. The highest BCUT2D eigenvalue weighted by Crippen LogP contribution is 2.22. The number of rotatable bonds is 8. The summed E-state index contributed by atoms with van der Waals surface area (Å²) in [4.78, 5) is 29.4. The molecule has 0 aliphatic heterocycles. The third-order valence-corrected chi connectivity index (χ3v) is 5.58. The molecule has 0 aliphatic rings. The van der Waals surface area contributed by atoms with Crippen LogP contribution in [0.4, 0.5) is 34.1 Å². The van der Waals surface area contributed by atoms with Gasteiger partial charge in [-0.25, -0.2) is 0 Å². The van der Waals surface area contributed by atoms with Crippen LogP contribution in [0.15, 0.2) is 148 Å². The summed E-state index contributed by atoms with van der Waals surface area (Å²) in [6.07, 6.45) is 1.36. The SMILES string of the molecule is O=C(Nc1ccc(N=Nc2ccccc2)cc1)c1ccc(C(=O)Nc2ccc(N=Nc3ccccc3)cc2)nc1. The number of benzene rings is 4. The Morgan fingerprint density at radius 2 is 0.900 bits per heavy atom. The Hall–Kier alpha value is -5.83. The van der Waals surface area contributed by atoms with E-state index in [1.807, 2.05) is 60.7 Å². The van der Waals surface area contributed by atoms with Gasteiger partial charge in [-0.2, -0.15) is 20.5 Å². The third-order valence-electron chi connectivity index (χ3n) is 5.58. The second kappa shape index (κ2) is 12.6. The zero-order chi connectivity index (χ0) is 27.6. The molecule has 2 N–H and O–H groups in total. The molecular formula is C31H23N7O2. The molecule has 0 radical (unpaired) electrons. The highest BCUT2D eigenvalue weighted by Gasteiger charge is 2.11. The summed E-state index contributed by atoms with van der Waals surface area (Å²) in [6, 6.07) is 35.8. The quantitative estimate of drug-likeness (QED) is 0.198. The van der Waals surface area contributed by atoms with E-state index >= 15 is 0 Å². The lowest BCUT2D eigenvalue weighted by molar-refractivity contribution is 0.101. The van der Waals surface area contributed by atoms with Crippen molar-refractivity contribution in [2.24, 2.45) is 20.5 Å². The summed E-state index contributed by atoms with van der Waals surface area (Å²) in [5.41, 5.74) is 4.49. The van der Waals surface area contributed by atoms with Crippen LogP contribution in [-0.2, 0) is 0 Å².